The summed E-state index contributed by atoms with van der Waals surface area (Å²) in [5.74, 6) is -1.26. The minimum absolute atomic E-state index is 0.0497. The van der Waals surface area contributed by atoms with Crippen LogP contribution in [0.1, 0.15) is 11.1 Å². The number of carbonyl (C=O) groups excluding carboxylic acids is 2. The van der Waals surface area contributed by atoms with Crippen molar-refractivity contribution in [1.82, 2.24) is 14.6 Å². The summed E-state index contributed by atoms with van der Waals surface area (Å²) in [6, 6.07) is 10.9. The molecule has 0 bridgehead atoms. The van der Waals surface area contributed by atoms with E-state index in [4.69, 9.17) is 0 Å². The number of aromatic nitrogens is 3. The van der Waals surface area contributed by atoms with E-state index >= 15 is 0 Å². The number of benzene rings is 2. The predicted molar refractivity (Wildman–Crippen MR) is 114 cm³/mol. The van der Waals surface area contributed by atoms with Crippen LogP contribution < -0.4 is 20.3 Å². The number of rotatable bonds is 3. The van der Waals surface area contributed by atoms with E-state index in [9.17, 15) is 27.6 Å². The Kier molecular flexibility index (Phi) is 4.74. The lowest BCUT2D eigenvalue weighted by atomic mass is 10.1. The molecule has 0 radical (unpaired) electrons. The Hall–Kier alpha value is -4.06. The highest BCUT2D eigenvalue weighted by molar-refractivity contribution is 7.15. The summed E-state index contributed by atoms with van der Waals surface area (Å²) in [5.41, 5.74) is -0.448. The van der Waals surface area contributed by atoms with Crippen LogP contribution in [0.5, 0.6) is 0 Å². The van der Waals surface area contributed by atoms with Crippen molar-refractivity contribution < 1.29 is 22.8 Å². The molecule has 2 aromatic carbocycles. The molecule has 0 unspecified atom stereocenters. The Balaban J connectivity index is 1.49. The zero-order valence-corrected chi connectivity index (χ0v) is 17.3. The summed E-state index contributed by atoms with van der Waals surface area (Å²) < 4.78 is 40.0. The lowest BCUT2D eigenvalue weighted by molar-refractivity contribution is -0.137. The van der Waals surface area contributed by atoms with Crippen molar-refractivity contribution in [3.8, 4) is 0 Å². The molecule has 0 atom stereocenters. The summed E-state index contributed by atoms with van der Waals surface area (Å²) in [7, 11) is 0. The summed E-state index contributed by atoms with van der Waals surface area (Å²) in [5, 5.41) is 6.24. The molecule has 0 saturated heterocycles. The molecule has 8 nitrogen and oxygen atoms in total. The van der Waals surface area contributed by atoms with Crippen LogP contribution in [-0.4, -0.2) is 33.0 Å². The van der Waals surface area contributed by atoms with Crippen molar-refractivity contribution in [3.05, 3.63) is 80.9 Å². The van der Waals surface area contributed by atoms with Gasteiger partial charge in [-0.2, -0.15) is 22.8 Å². The number of hydrogen-bond acceptors (Lipinski definition) is 6. The number of nitrogens with zero attached hydrogens (tertiary/aromatic N) is 4. The van der Waals surface area contributed by atoms with E-state index in [-0.39, 0.29) is 15.8 Å². The summed E-state index contributed by atoms with van der Waals surface area (Å²) in [4.78, 5) is 44.1. The minimum Gasteiger partial charge on any atom is -0.325 e. The summed E-state index contributed by atoms with van der Waals surface area (Å²) in [6.07, 6.45) is -3.32. The van der Waals surface area contributed by atoms with Gasteiger partial charge in [0, 0.05) is 11.3 Å². The normalized spacial score (nSPS) is 15.2. The minimum atomic E-state index is -4.56. The number of carbonyl (C=O) groups is 2. The van der Waals surface area contributed by atoms with Gasteiger partial charge in [0.1, 0.15) is 17.4 Å². The fourth-order valence-corrected chi connectivity index (χ4v) is 4.57. The van der Waals surface area contributed by atoms with Crippen LogP contribution in [0.2, 0.25) is 0 Å². The van der Waals surface area contributed by atoms with Gasteiger partial charge in [0.05, 0.1) is 16.8 Å². The smallest absolute Gasteiger partial charge is 0.325 e. The zero-order valence-electron chi connectivity index (χ0n) is 16.5. The lowest BCUT2D eigenvalue weighted by Gasteiger charge is -2.17. The van der Waals surface area contributed by atoms with Gasteiger partial charge in [-0.25, -0.2) is 4.98 Å². The van der Waals surface area contributed by atoms with Crippen LogP contribution in [0.15, 0.2) is 59.7 Å². The molecule has 4 aromatic rings. The third-order valence-corrected chi connectivity index (χ3v) is 6.07. The quantitative estimate of drug-likeness (QED) is 0.494. The van der Waals surface area contributed by atoms with Gasteiger partial charge in [0.25, 0.3) is 11.5 Å². The second-order valence-corrected chi connectivity index (χ2v) is 8.08. The molecule has 1 aliphatic rings. The topological polar surface area (TPSA) is 96.7 Å². The first-order valence-electron chi connectivity index (χ1n) is 9.49. The highest BCUT2D eigenvalue weighted by atomic mass is 32.1. The maximum absolute atomic E-state index is 13.3. The van der Waals surface area contributed by atoms with Crippen LogP contribution in [0, 0.1) is 0 Å². The summed E-state index contributed by atoms with van der Waals surface area (Å²) in [6.45, 7) is -0.454. The Bertz CT molecular complexity index is 1540. The van der Waals surface area contributed by atoms with Crippen LogP contribution in [-0.2, 0) is 15.8 Å². The Morgan fingerprint density at radius 2 is 1.88 bits per heavy atom. The first-order valence-corrected chi connectivity index (χ1v) is 10.3. The average Bonchev–Trinajstić information content (AvgIpc) is 3.42. The van der Waals surface area contributed by atoms with Crippen molar-refractivity contribution in [1.29, 1.82) is 0 Å². The first kappa shape index (κ1) is 20.8. The van der Waals surface area contributed by atoms with Gasteiger partial charge >= 0.3 is 6.18 Å². The van der Waals surface area contributed by atoms with E-state index in [1.54, 1.807) is 24.3 Å². The van der Waals surface area contributed by atoms with Crippen molar-refractivity contribution in [2.45, 2.75) is 6.18 Å². The monoisotopic (exact) mass is 471 g/mol. The number of para-hydroxylation sites is 1. The molecule has 1 aliphatic heterocycles. The third kappa shape index (κ3) is 3.53. The summed E-state index contributed by atoms with van der Waals surface area (Å²) >= 11 is 1.01. The molecule has 12 heteroatoms. The van der Waals surface area contributed by atoms with E-state index in [0.717, 1.165) is 28.0 Å². The highest BCUT2D eigenvalue weighted by Gasteiger charge is 2.35. The standard InChI is InChI=1S/C21H12F3N5O3S/c22-21(23,24)11-4-3-5-12(8-11)27-15(30)9-28-14-7-2-1-6-13(14)16(18(28)31)17-19(32)29-20(33-17)25-10-26-29/h1-8,10H,9H2,(H,27,30). The molecule has 3 heterocycles. The predicted octanol–water partition coefficient (Wildman–Crippen LogP) is 2.07. The van der Waals surface area contributed by atoms with Gasteiger partial charge in [0.15, 0.2) is 0 Å². The number of fused-ring (bicyclic) bond motifs is 2. The molecule has 5 rings (SSSR count). The average molecular weight is 471 g/mol. The van der Waals surface area contributed by atoms with Gasteiger partial charge in [-0.05, 0) is 24.3 Å². The van der Waals surface area contributed by atoms with E-state index in [1.165, 1.54) is 23.4 Å². The van der Waals surface area contributed by atoms with Crippen LogP contribution in [0.3, 0.4) is 0 Å². The van der Waals surface area contributed by atoms with E-state index < -0.39 is 35.7 Å². The van der Waals surface area contributed by atoms with Crippen LogP contribution in [0.4, 0.5) is 24.5 Å². The van der Waals surface area contributed by atoms with E-state index in [1.807, 2.05) is 0 Å². The SMILES string of the molecule is O=C(CN1C(=O)C(=c2sc3ncnn3c2=O)c2ccccc21)Nc1cccc(C(F)(F)F)c1. The van der Waals surface area contributed by atoms with Crippen molar-refractivity contribution in [3.63, 3.8) is 0 Å². The Morgan fingerprint density at radius 3 is 2.64 bits per heavy atom. The van der Waals surface area contributed by atoms with Crippen molar-refractivity contribution in [2.75, 3.05) is 16.8 Å². The van der Waals surface area contributed by atoms with Gasteiger partial charge < -0.3 is 5.32 Å². The molecular weight excluding hydrogens is 459 g/mol. The second-order valence-electron chi connectivity index (χ2n) is 7.10. The molecule has 0 aliphatic carbocycles. The number of amides is 2. The number of anilines is 2. The number of hydrogen-bond donors (Lipinski definition) is 1. The Labute approximate surface area is 186 Å². The van der Waals surface area contributed by atoms with E-state index in [0.29, 0.717) is 16.2 Å². The molecule has 0 fully saturated rings. The highest BCUT2D eigenvalue weighted by Crippen LogP contribution is 2.35. The fraction of sp³-hybridized carbons (Fsp3) is 0.0952. The maximum Gasteiger partial charge on any atom is 0.416 e. The molecule has 1 N–H and O–H groups in total. The van der Waals surface area contributed by atoms with Crippen molar-refractivity contribution in [2.24, 2.45) is 0 Å². The van der Waals surface area contributed by atoms with Gasteiger partial charge in [-0.15, -0.1) is 0 Å². The lowest BCUT2D eigenvalue weighted by Crippen LogP contribution is -2.37. The number of alkyl halides is 3. The van der Waals surface area contributed by atoms with Crippen molar-refractivity contribution >= 4 is 45.1 Å². The number of nitrogens with one attached hydrogen (secondary N) is 1. The fourth-order valence-electron chi connectivity index (χ4n) is 3.60. The Morgan fingerprint density at radius 1 is 1.09 bits per heavy atom. The molecule has 0 spiro atoms. The molecule has 0 saturated carbocycles. The molecule has 166 valence electrons. The van der Waals surface area contributed by atoms with Gasteiger partial charge in [-0.1, -0.05) is 35.6 Å². The third-order valence-electron chi connectivity index (χ3n) is 5.02. The number of halogens is 3. The van der Waals surface area contributed by atoms with Crippen LogP contribution >= 0.6 is 11.3 Å². The second kappa shape index (κ2) is 7.52. The van der Waals surface area contributed by atoms with E-state index in [2.05, 4.69) is 15.4 Å². The maximum atomic E-state index is 13.3. The number of thiazole rings is 1. The molecule has 2 aromatic heterocycles. The van der Waals surface area contributed by atoms with Gasteiger partial charge in [-0.3, -0.25) is 19.3 Å². The molecule has 2 amide bonds. The largest absolute Gasteiger partial charge is 0.416 e. The first-order chi connectivity index (χ1) is 15.7. The molecule has 33 heavy (non-hydrogen) atoms. The van der Waals surface area contributed by atoms with Gasteiger partial charge in [0.2, 0.25) is 10.9 Å². The van der Waals surface area contributed by atoms with Crippen LogP contribution in [0.25, 0.3) is 10.5 Å². The zero-order chi connectivity index (χ0) is 23.3. The molecular formula is C21H12F3N5O3S.